The van der Waals surface area contributed by atoms with E-state index in [1.54, 1.807) is 0 Å². The summed E-state index contributed by atoms with van der Waals surface area (Å²) in [5, 5.41) is 14.7. The van der Waals surface area contributed by atoms with E-state index in [2.05, 4.69) is 391 Å². The van der Waals surface area contributed by atoms with Crippen LogP contribution in [0.15, 0.2) is 364 Å². The van der Waals surface area contributed by atoms with E-state index in [-0.39, 0.29) is 0 Å². The van der Waals surface area contributed by atoms with Gasteiger partial charge in [-0.15, -0.1) is 0 Å². The maximum atomic E-state index is 2.49. The lowest BCUT2D eigenvalue weighted by Crippen LogP contribution is -1.99. The second kappa shape index (κ2) is 21.9. The van der Waals surface area contributed by atoms with Gasteiger partial charge in [0.25, 0.3) is 0 Å². The Morgan fingerprint density at radius 1 is 0.118 bits per heavy atom. The van der Waals surface area contributed by atoms with Crippen molar-refractivity contribution in [2.24, 2.45) is 0 Å². The summed E-state index contributed by atoms with van der Waals surface area (Å²) in [7, 11) is 0. The topological polar surface area (TPSA) is 29.6 Å². The number of nitrogens with zero attached hydrogens (tertiary/aromatic N) is 6. The number of hydrogen-bond donors (Lipinski definition) is 0. The predicted octanol–water partition coefficient (Wildman–Crippen LogP) is 25.3. The summed E-state index contributed by atoms with van der Waals surface area (Å²) < 4.78 is 14.9. The SMILES string of the molecule is c1ccc(-n2c3ccccc3c3ccc4c5ccccc5n(-c5ccc(-c6cc(-c7ccc(-n8c9ccccc9c9ccc%10c%11ccccc%11n(-c%11ccccc%11)c%10c98)cc7)cc(-c7ccc(-n8c9ccccc9c9ccc%10c%11ccccc%11n(-c%11ccccc%11)c%10c98)cc7)c6)cc5)c4c32)cc1. The van der Waals surface area contributed by atoms with Gasteiger partial charge in [-0.2, -0.15) is 0 Å². The molecule has 0 atom stereocenters. The van der Waals surface area contributed by atoms with Crippen molar-refractivity contribution in [3.63, 3.8) is 0 Å². The Labute approximate surface area is 586 Å². The molecule has 6 heterocycles. The molecule has 0 saturated heterocycles. The molecule has 0 spiro atoms. The molecule has 102 heavy (non-hydrogen) atoms. The highest BCUT2D eigenvalue weighted by Crippen LogP contribution is 2.47. The Balaban J connectivity index is 0.728. The Morgan fingerprint density at radius 3 is 0.480 bits per heavy atom. The highest BCUT2D eigenvalue weighted by atomic mass is 15.1. The van der Waals surface area contributed by atoms with Crippen molar-refractivity contribution in [1.82, 2.24) is 27.4 Å². The van der Waals surface area contributed by atoms with Gasteiger partial charge in [0.2, 0.25) is 0 Å². The molecule has 0 aliphatic rings. The summed E-state index contributed by atoms with van der Waals surface area (Å²) in [5.41, 5.74) is 27.7. The summed E-state index contributed by atoms with van der Waals surface area (Å²) in [6.45, 7) is 0. The monoisotopic (exact) mass is 1300 g/mol. The molecule has 0 saturated carbocycles. The lowest BCUT2D eigenvalue weighted by atomic mass is 9.93. The molecule has 6 heteroatoms. The smallest absolute Gasteiger partial charge is 0.0788 e. The molecule has 22 rings (SSSR count). The molecule has 0 fully saturated rings. The van der Waals surface area contributed by atoms with Crippen molar-refractivity contribution >= 4 is 131 Å². The Bertz CT molecular complexity index is 6480. The van der Waals surface area contributed by atoms with Crippen LogP contribution in [0.2, 0.25) is 0 Å². The fourth-order valence-corrected chi connectivity index (χ4v) is 17.4. The largest absolute Gasteiger partial charge is 0.307 e. The molecule has 0 unspecified atom stereocenters. The van der Waals surface area contributed by atoms with Gasteiger partial charge in [-0.3, -0.25) is 0 Å². The minimum absolute atomic E-state index is 1.10. The van der Waals surface area contributed by atoms with Gasteiger partial charge < -0.3 is 27.4 Å². The van der Waals surface area contributed by atoms with Crippen LogP contribution in [0.5, 0.6) is 0 Å². The average molecular weight is 1300 g/mol. The molecule has 0 bridgehead atoms. The van der Waals surface area contributed by atoms with E-state index in [0.717, 1.165) is 67.5 Å². The van der Waals surface area contributed by atoms with Gasteiger partial charge in [0.1, 0.15) is 0 Å². The fourth-order valence-electron chi connectivity index (χ4n) is 17.4. The minimum Gasteiger partial charge on any atom is -0.307 e. The standard InChI is InChI=1S/C96H60N6/c1-4-22-67(23-5-1)97-85-34-16-10-28-73(85)79-52-55-82-76-31-13-19-37-88(76)100(94(82)91(79)97)70-46-40-61(41-47-70)64-58-65(62-42-48-71(49-43-62)101-89-38-20-14-32-77(89)83-56-53-80-74-29-11-17-35-86(74)98(92(80)95(83)101)68-24-6-2-7-25-68)60-66(59-64)63-44-50-72(51-45-63)102-90-39-21-15-33-78(90)84-57-54-81-75-30-12-18-36-87(75)99(93(81)96(84)102)69-26-8-3-9-27-69/h1-60H. The quantitative estimate of drug-likeness (QED) is 0.138. The van der Waals surface area contributed by atoms with Crippen LogP contribution in [0, 0.1) is 0 Å². The van der Waals surface area contributed by atoms with Crippen LogP contribution in [-0.4, -0.2) is 27.4 Å². The van der Waals surface area contributed by atoms with Crippen LogP contribution in [0.3, 0.4) is 0 Å². The second-order valence-electron chi connectivity index (χ2n) is 27.1. The zero-order valence-corrected chi connectivity index (χ0v) is 55.3. The number of fused-ring (bicyclic) bond motifs is 21. The van der Waals surface area contributed by atoms with Crippen LogP contribution in [-0.2, 0) is 0 Å². The van der Waals surface area contributed by atoms with E-state index in [9.17, 15) is 0 Å². The van der Waals surface area contributed by atoms with Crippen LogP contribution in [0.1, 0.15) is 0 Å². The summed E-state index contributed by atoms with van der Waals surface area (Å²) in [5.74, 6) is 0. The first kappa shape index (κ1) is 56.3. The third-order valence-electron chi connectivity index (χ3n) is 21.8. The second-order valence-corrected chi connectivity index (χ2v) is 27.1. The number of rotatable bonds is 9. The van der Waals surface area contributed by atoms with Gasteiger partial charge in [0.15, 0.2) is 0 Å². The third kappa shape index (κ3) is 8.17. The maximum absolute atomic E-state index is 2.49. The van der Waals surface area contributed by atoms with Gasteiger partial charge in [0, 0.05) is 98.8 Å². The molecule has 6 aromatic heterocycles. The van der Waals surface area contributed by atoms with Gasteiger partial charge in [0.05, 0.1) is 66.2 Å². The highest BCUT2D eigenvalue weighted by molar-refractivity contribution is 6.27. The number of benzene rings is 16. The maximum Gasteiger partial charge on any atom is 0.0788 e. The van der Waals surface area contributed by atoms with Crippen molar-refractivity contribution in [1.29, 1.82) is 0 Å². The van der Waals surface area contributed by atoms with Gasteiger partial charge in [-0.05, 0) is 161 Å². The molecular formula is C96H60N6. The highest BCUT2D eigenvalue weighted by Gasteiger charge is 2.26. The number of hydrogen-bond acceptors (Lipinski definition) is 0. The van der Waals surface area contributed by atoms with Crippen molar-refractivity contribution in [3.05, 3.63) is 364 Å². The molecule has 6 nitrogen and oxygen atoms in total. The average Bonchev–Trinajstić information content (AvgIpc) is 1.56. The molecule has 16 aromatic carbocycles. The molecule has 22 aromatic rings. The zero-order chi connectivity index (χ0) is 66.7. The first-order valence-electron chi connectivity index (χ1n) is 35.1. The Kier molecular flexibility index (Phi) is 12.1. The van der Waals surface area contributed by atoms with Crippen LogP contribution in [0.4, 0.5) is 0 Å². The van der Waals surface area contributed by atoms with E-state index in [1.807, 2.05) is 0 Å². The minimum atomic E-state index is 1.10. The van der Waals surface area contributed by atoms with Gasteiger partial charge >= 0.3 is 0 Å². The lowest BCUT2D eigenvalue weighted by molar-refractivity contribution is 1.15. The number of para-hydroxylation sites is 9. The summed E-state index contributed by atoms with van der Waals surface area (Å²) in [6.07, 6.45) is 0. The summed E-state index contributed by atoms with van der Waals surface area (Å²) >= 11 is 0. The molecule has 0 amide bonds. The normalized spacial score (nSPS) is 12.1. The van der Waals surface area contributed by atoms with Crippen LogP contribution >= 0.6 is 0 Å². The zero-order valence-electron chi connectivity index (χ0n) is 55.3. The first-order chi connectivity index (χ1) is 50.6. The van der Waals surface area contributed by atoms with Crippen molar-refractivity contribution in [2.75, 3.05) is 0 Å². The van der Waals surface area contributed by atoms with Crippen LogP contribution < -0.4 is 0 Å². The molecule has 0 aliphatic carbocycles. The summed E-state index contributed by atoms with van der Waals surface area (Å²) in [4.78, 5) is 0. The first-order valence-corrected chi connectivity index (χ1v) is 35.1. The van der Waals surface area contributed by atoms with Gasteiger partial charge in [-0.25, -0.2) is 0 Å². The van der Waals surface area contributed by atoms with Crippen LogP contribution in [0.25, 0.3) is 198 Å². The van der Waals surface area contributed by atoms with Gasteiger partial charge in [-0.1, -0.05) is 237 Å². The predicted molar refractivity (Wildman–Crippen MR) is 429 cm³/mol. The fraction of sp³-hybridized carbons (Fsp3) is 0. The lowest BCUT2D eigenvalue weighted by Gasteiger charge is -2.15. The molecule has 0 aliphatic heterocycles. The third-order valence-corrected chi connectivity index (χ3v) is 21.8. The summed E-state index contributed by atoms with van der Waals surface area (Å²) in [6, 6.07) is 135. The van der Waals surface area contributed by atoms with E-state index < -0.39 is 0 Å². The number of aromatic nitrogens is 6. The molecule has 474 valence electrons. The van der Waals surface area contributed by atoms with E-state index in [4.69, 9.17) is 0 Å². The van der Waals surface area contributed by atoms with E-state index in [1.165, 1.54) is 131 Å². The van der Waals surface area contributed by atoms with E-state index >= 15 is 0 Å². The molecule has 0 radical (unpaired) electrons. The van der Waals surface area contributed by atoms with Crippen molar-refractivity contribution in [2.45, 2.75) is 0 Å². The Morgan fingerprint density at radius 2 is 0.284 bits per heavy atom. The van der Waals surface area contributed by atoms with Crippen molar-refractivity contribution < 1.29 is 0 Å². The van der Waals surface area contributed by atoms with E-state index in [0.29, 0.717) is 0 Å². The van der Waals surface area contributed by atoms with Crippen molar-refractivity contribution in [3.8, 4) is 67.5 Å². The Hall–Kier alpha value is -13.7. The molecule has 0 N–H and O–H groups in total. The molecular weight excluding hydrogens is 1240 g/mol.